The van der Waals surface area contributed by atoms with Gasteiger partial charge >= 0.3 is 0 Å². The first kappa shape index (κ1) is 14.7. The predicted octanol–water partition coefficient (Wildman–Crippen LogP) is 1.82. The quantitative estimate of drug-likeness (QED) is 0.587. The minimum atomic E-state index is 0.450. The summed E-state index contributed by atoms with van der Waals surface area (Å²) in [5.41, 5.74) is 2.20. The van der Waals surface area contributed by atoms with Gasteiger partial charge in [-0.05, 0) is 32.5 Å². The zero-order chi connectivity index (χ0) is 13.4. The molecular formula is C15H23N3. The third kappa shape index (κ3) is 4.87. The van der Waals surface area contributed by atoms with E-state index in [0.29, 0.717) is 12.6 Å². The number of rotatable bonds is 7. The lowest BCUT2D eigenvalue weighted by molar-refractivity contribution is 0.205. The molecule has 0 aliphatic rings. The van der Waals surface area contributed by atoms with Crippen LogP contribution >= 0.6 is 0 Å². The van der Waals surface area contributed by atoms with Crippen LogP contribution in [0.1, 0.15) is 25.2 Å². The normalized spacial score (nSPS) is 12.4. The molecule has 1 heterocycles. The smallest absolute Gasteiger partial charge is 0.0574 e. The van der Waals surface area contributed by atoms with Crippen molar-refractivity contribution in [2.75, 3.05) is 19.6 Å². The van der Waals surface area contributed by atoms with Gasteiger partial charge in [0.05, 0.1) is 12.2 Å². The van der Waals surface area contributed by atoms with Crippen LogP contribution in [0.25, 0.3) is 0 Å². The van der Waals surface area contributed by atoms with Crippen LogP contribution < -0.4 is 5.32 Å². The first-order valence-corrected chi connectivity index (χ1v) is 6.48. The van der Waals surface area contributed by atoms with Crippen molar-refractivity contribution >= 4 is 0 Å². The summed E-state index contributed by atoms with van der Waals surface area (Å²) in [5, 5.41) is 3.25. The Morgan fingerprint density at radius 2 is 2.28 bits per heavy atom. The zero-order valence-electron chi connectivity index (χ0n) is 11.6. The lowest BCUT2D eigenvalue weighted by atomic mass is 10.2. The number of nitrogens with zero attached hydrogens (tertiary/aromatic N) is 2. The molecule has 1 N–H and O–H groups in total. The molecule has 1 aromatic rings. The Labute approximate surface area is 111 Å². The van der Waals surface area contributed by atoms with Gasteiger partial charge in [0.25, 0.3) is 0 Å². The number of pyridine rings is 1. The fourth-order valence-corrected chi connectivity index (χ4v) is 1.96. The van der Waals surface area contributed by atoms with E-state index in [1.54, 1.807) is 0 Å². The lowest BCUT2D eigenvalue weighted by Gasteiger charge is -2.27. The van der Waals surface area contributed by atoms with Gasteiger partial charge < -0.3 is 5.32 Å². The first-order chi connectivity index (χ1) is 8.67. The molecule has 0 aliphatic heterocycles. The Morgan fingerprint density at radius 1 is 1.50 bits per heavy atom. The van der Waals surface area contributed by atoms with E-state index in [4.69, 9.17) is 6.42 Å². The average Bonchev–Trinajstić information content (AvgIpc) is 2.36. The third-order valence-corrected chi connectivity index (χ3v) is 3.01. The highest BCUT2D eigenvalue weighted by atomic mass is 15.2. The highest BCUT2D eigenvalue weighted by Gasteiger charge is 2.12. The van der Waals surface area contributed by atoms with Crippen LogP contribution in [-0.4, -0.2) is 35.6 Å². The molecule has 18 heavy (non-hydrogen) atoms. The van der Waals surface area contributed by atoms with Crippen LogP contribution in [0.15, 0.2) is 18.2 Å². The summed E-state index contributed by atoms with van der Waals surface area (Å²) in [5.74, 6) is 2.60. The van der Waals surface area contributed by atoms with Crippen molar-refractivity contribution in [1.29, 1.82) is 0 Å². The molecule has 1 aromatic heterocycles. The number of terminal acetylenes is 1. The third-order valence-electron chi connectivity index (χ3n) is 3.01. The number of hydrogen-bond acceptors (Lipinski definition) is 3. The van der Waals surface area contributed by atoms with Gasteiger partial charge in [0.2, 0.25) is 0 Å². The summed E-state index contributed by atoms with van der Waals surface area (Å²) in [4.78, 5) is 6.94. The average molecular weight is 245 g/mol. The molecule has 0 spiro atoms. The topological polar surface area (TPSA) is 28.2 Å². The molecule has 0 radical (unpaired) electrons. The molecule has 0 amide bonds. The molecule has 0 aromatic carbocycles. The molecule has 0 fully saturated rings. The number of aromatic nitrogens is 1. The van der Waals surface area contributed by atoms with Crippen LogP contribution in [0.4, 0.5) is 0 Å². The number of hydrogen-bond donors (Lipinski definition) is 1. The molecule has 3 heteroatoms. The number of likely N-dealkylation sites (N-methyl/N-ethyl adjacent to an activating group) is 1. The molecule has 0 bridgehead atoms. The minimum Gasteiger partial charge on any atom is -0.305 e. The van der Waals surface area contributed by atoms with E-state index >= 15 is 0 Å². The molecule has 3 nitrogen and oxygen atoms in total. The van der Waals surface area contributed by atoms with Crippen LogP contribution in [0.3, 0.4) is 0 Å². The molecule has 1 unspecified atom stereocenters. The summed E-state index contributed by atoms with van der Waals surface area (Å²) in [7, 11) is 0. The Kier molecular flexibility index (Phi) is 6.42. The van der Waals surface area contributed by atoms with E-state index < -0.39 is 0 Å². The van der Waals surface area contributed by atoms with Gasteiger partial charge in [-0.25, -0.2) is 0 Å². The summed E-state index contributed by atoms with van der Waals surface area (Å²) in [6, 6.07) is 6.62. The highest BCUT2D eigenvalue weighted by Crippen LogP contribution is 2.06. The highest BCUT2D eigenvalue weighted by molar-refractivity contribution is 5.09. The van der Waals surface area contributed by atoms with Gasteiger partial charge in [-0.1, -0.05) is 18.9 Å². The summed E-state index contributed by atoms with van der Waals surface area (Å²) < 4.78 is 0. The Morgan fingerprint density at radius 3 is 2.89 bits per heavy atom. The van der Waals surface area contributed by atoms with Gasteiger partial charge in [-0.15, -0.1) is 6.42 Å². The van der Waals surface area contributed by atoms with Crippen LogP contribution in [-0.2, 0) is 6.54 Å². The Balaban J connectivity index is 2.53. The number of aryl methyl sites for hydroxylation is 1. The minimum absolute atomic E-state index is 0.450. The molecule has 0 saturated heterocycles. The second-order valence-corrected chi connectivity index (χ2v) is 4.52. The second kappa shape index (κ2) is 7.86. The van der Waals surface area contributed by atoms with Gasteiger partial charge in [-0.2, -0.15) is 0 Å². The standard InChI is InChI=1S/C15H23N3/c1-5-10-16-11-14(4)18(6-2)12-15-9-7-8-13(3)17-15/h1,7-9,14,16H,6,10-12H2,2-4H3. The van der Waals surface area contributed by atoms with Crippen molar-refractivity contribution in [2.45, 2.75) is 33.4 Å². The van der Waals surface area contributed by atoms with E-state index in [1.807, 2.05) is 13.0 Å². The van der Waals surface area contributed by atoms with E-state index in [0.717, 1.165) is 31.0 Å². The predicted molar refractivity (Wildman–Crippen MR) is 76.2 cm³/mol. The molecule has 0 saturated carbocycles. The van der Waals surface area contributed by atoms with Crippen LogP contribution in [0, 0.1) is 19.3 Å². The number of nitrogens with one attached hydrogen (secondary N) is 1. The molecule has 98 valence electrons. The molecular weight excluding hydrogens is 222 g/mol. The SMILES string of the molecule is C#CCNCC(C)N(CC)Cc1cccc(C)n1. The van der Waals surface area contributed by atoms with Crippen molar-refractivity contribution in [3.05, 3.63) is 29.6 Å². The fraction of sp³-hybridized carbons (Fsp3) is 0.533. The maximum Gasteiger partial charge on any atom is 0.0574 e. The Bertz CT molecular complexity index is 395. The van der Waals surface area contributed by atoms with E-state index in [2.05, 4.69) is 47.1 Å². The van der Waals surface area contributed by atoms with Gasteiger partial charge in [0.15, 0.2) is 0 Å². The maximum atomic E-state index is 5.23. The van der Waals surface area contributed by atoms with Crippen molar-refractivity contribution in [1.82, 2.24) is 15.2 Å². The molecule has 1 atom stereocenters. The van der Waals surface area contributed by atoms with Gasteiger partial charge in [-0.3, -0.25) is 9.88 Å². The van der Waals surface area contributed by atoms with E-state index in [-0.39, 0.29) is 0 Å². The Hall–Kier alpha value is -1.37. The van der Waals surface area contributed by atoms with Crippen molar-refractivity contribution in [3.63, 3.8) is 0 Å². The van der Waals surface area contributed by atoms with E-state index in [9.17, 15) is 0 Å². The fourth-order valence-electron chi connectivity index (χ4n) is 1.96. The van der Waals surface area contributed by atoms with Gasteiger partial charge in [0.1, 0.15) is 0 Å². The zero-order valence-corrected chi connectivity index (χ0v) is 11.6. The van der Waals surface area contributed by atoms with Crippen molar-refractivity contribution < 1.29 is 0 Å². The molecule has 1 rings (SSSR count). The second-order valence-electron chi connectivity index (χ2n) is 4.52. The monoisotopic (exact) mass is 245 g/mol. The summed E-state index contributed by atoms with van der Waals surface area (Å²) in [6.07, 6.45) is 5.23. The van der Waals surface area contributed by atoms with Crippen molar-refractivity contribution in [2.24, 2.45) is 0 Å². The summed E-state index contributed by atoms with van der Waals surface area (Å²) >= 11 is 0. The van der Waals surface area contributed by atoms with E-state index in [1.165, 1.54) is 0 Å². The van der Waals surface area contributed by atoms with Crippen LogP contribution in [0.5, 0.6) is 0 Å². The van der Waals surface area contributed by atoms with Crippen molar-refractivity contribution in [3.8, 4) is 12.3 Å². The lowest BCUT2D eigenvalue weighted by Crippen LogP contribution is -2.40. The maximum absolute atomic E-state index is 5.23. The summed E-state index contributed by atoms with van der Waals surface area (Å²) in [6.45, 7) is 9.84. The first-order valence-electron chi connectivity index (χ1n) is 6.48. The van der Waals surface area contributed by atoms with Crippen LogP contribution in [0.2, 0.25) is 0 Å². The largest absolute Gasteiger partial charge is 0.305 e. The van der Waals surface area contributed by atoms with Gasteiger partial charge in [0, 0.05) is 24.8 Å². The molecule has 0 aliphatic carbocycles.